The highest BCUT2D eigenvalue weighted by Crippen LogP contribution is 2.12. The number of benzene rings is 1. The lowest BCUT2D eigenvalue weighted by Crippen LogP contribution is -2.12. The lowest BCUT2D eigenvalue weighted by atomic mass is 10.1. The van der Waals surface area contributed by atoms with Gasteiger partial charge in [-0.15, -0.1) is 0 Å². The summed E-state index contributed by atoms with van der Waals surface area (Å²) >= 11 is -1.76. The first-order valence-corrected chi connectivity index (χ1v) is 6.51. The van der Waals surface area contributed by atoms with Gasteiger partial charge in [-0.25, -0.2) is 9.19 Å². The molecule has 90 valence electrons. The van der Waals surface area contributed by atoms with Gasteiger partial charge in [0.15, 0.2) is 11.1 Å². The molecule has 5 heteroatoms. The van der Waals surface area contributed by atoms with Crippen molar-refractivity contribution in [3.05, 3.63) is 48.5 Å². The maximum atomic E-state index is 10.9. The molecule has 1 N–H and O–H groups in total. The zero-order chi connectivity index (χ0) is 12.3. The Morgan fingerprint density at radius 3 is 2.65 bits per heavy atom. The molecule has 0 aliphatic rings. The third kappa shape index (κ3) is 3.01. The van der Waals surface area contributed by atoms with Crippen LogP contribution in [0.25, 0.3) is 5.69 Å². The maximum absolute atomic E-state index is 10.9. The average Bonchev–Trinajstić information content (AvgIpc) is 2.83. The van der Waals surface area contributed by atoms with Crippen LogP contribution in [-0.2, 0) is 17.5 Å². The monoisotopic (exact) mass is 250 g/mol. The molecule has 2 unspecified atom stereocenters. The summed E-state index contributed by atoms with van der Waals surface area (Å²) in [7, 11) is 0. The number of imidazole rings is 1. The molecule has 0 saturated carbocycles. The zero-order valence-corrected chi connectivity index (χ0v) is 10.3. The third-order valence-corrected chi connectivity index (χ3v) is 3.46. The summed E-state index contributed by atoms with van der Waals surface area (Å²) in [5.74, 6) is 0. The molecule has 2 atom stereocenters. The maximum Gasteiger partial charge on any atom is 0.156 e. The summed E-state index contributed by atoms with van der Waals surface area (Å²) in [6, 6.07) is 7.89. The SMILES string of the molecule is CC(Cc1ccc(-n2ccnc2)cc1)S(=O)O. The highest BCUT2D eigenvalue weighted by molar-refractivity contribution is 7.79. The molecule has 17 heavy (non-hydrogen) atoms. The first kappa shape index (κ1) is 12.0. The van der Waals surface area contributed by atoms with E-state index in [2.05, 4.69) is 4.98 Å². The molecule has 0 aliphatic heterocycles. The van der Waals surface area contributed by atoms with Gasteiger partial charge in [0.05, 0.1) is 11.6 Å². The summed E-state index contributed by atoms with van der Waals surface area (Å²) in [4.78, 5) is 3.98. The second-order valence-electron chi connectivity index (χ2n) is 3.93. The van der Waals surface area contributed by atoms with Gasteiger partial charge < -0.3 is 9.12 Å². The van der Waals surface area contributed by atoms with Crippen LogP contribution in [0.2, 0.25) is 0 Å². The molecular weight excluding hydrogens is 236 g/mol. The van der Waals surface area contributed by atoms with Crippen LogP contribution >= 0.6 is 0 Å². The molecule has 0 bridgehead atoms. The smallest absolute Gasteiger partial charge is 0.156 e. The Hall–Kier alpha value is -1.46. The van der Waals surface area contributed by atoms with Gasteiger partial charge in [-0.1, -0.05) is 12.1 Å². The van der Waals surface area contributed by atoms with Gasteiger partial charge in [-0.3, -0.25) is 0 Å². The van der Waals surface area contributed by atoms with Crippen molar-refractivity contribution in [2.24, 2.45) is 0 Å². The average molecular weight is 250 g/mol. The van der Waals surface area contributed by atoms with Crippen LogP contribution in [0.5, 0.6) is 0 Å². The van der Waals surface area contributed by atoms with Crippen molar-refractivity contribution >= 4 is 11.1 Å². The van der Waals surface area contributed by atoms with Crippen molar-refractivity contribution in [3.8, 4) is 5.69 Å². The van der Waals surface area contributed by atoms with Crippen molar-refractivity contribution in [1.29, 1.82) is 0 Å². The molecule has 2 rings (SSSR count). The molecule has 0 fully saturated rings. The highest BCUT2D eigenvalue weighted by atomic mass is 32.2. The van der Waals surface area contributed by atoms with Crippen molar-refractivity contribution in [1.82, 2.24) is 9.55 Å². The Kier molecular flexibility index (Phi) is 3.71. The molecule has 1 aromatic heterocycles. The normalized spacial score (nSPS) is 14.5. The molecule has 1 aromatic carbocycles. The summed E-state index contributed by atoms with van der Waals surface area (Å²) in [6.07, 6.45) is 5.94. The second-order valence-corrected chi connectivity index (χ2v) is 5.28. The van der Waals surface area contributed by atoms with Crippen molar-refractivity contribution < 1.29 is 8.76 Å². The standard InChI is InChI=1S/C12H14N2O2S/c1-10(17(15)16)8-11-2-4-12(5-3-11)14-7-6-13-9-14/h2-7,9-10H,8H2,1H3,(H,15,16). The molecule has 0 radical (unpaired) electrons. The number of nitrogens with zero attached hydrogens (tertiary/aromatic N) is 2. The molecule has 1 heterocycles. The molecule has 0 amide bonds. The predicted molar refractivity (Wildman–Crippen MR) is 67.5 cm³/mol. The van der Waals surface area contributed by atoms with E-state index in [9.17, 15) is 4.21 Å². The van der Waals surface area contributed by atoms with E-state index in [1.54, 1.807) is 19.4 Å². The molecule has 0 saturated heterocycles. The van der Waals surface area contributed by atoms with Crippen LogP contribution in [-0.4, -0.2) is 23.6 Å². The van der Waals surface area contributed by atoms with E-state index in [0.29, 0.717) is 6.42 Å². The van der Waals surface area contributed by atoms with Crippen LogP contribution in [0.15, 0.2) is 43.0 Å². The van der Waals surface area contributed by atoms with E-state index in [4.69, 9.17) is 4.55 Å². The summed E-state index contributed by atoms with van der Waals surface area (Å²) < 4.78 is 21.7. The van der Waals surface area contributed by atoms with Gasteiger partial charge in [-0.2, -0.15) is 0 Å². The third-order valence-electron chi connectivity index (χ3n) is 2.61. The molecule has 4 nitrogen and oxygen atoms in total. The lowest BCUT2D eigenvalue weighted by molar-refractivity contribution is 0.550. The summed E-state index contributed by atoms with van der Waals surface area (Å²) in [6.45, 7) is 1.76. The fourth-order valence-corrected chi connectivity index (χ4v) is 1.95. The first-order valence-electron chi connectivity index (χ1n) is 5.34. The number of rotatable bonds is 4. The largest absolute Gasteiger partial charge is 0.306 e. The first-order chi connectivity index (χ1) is 8.16. The lowest BCUT2D eigenvalue weighted by Gasteiger charge is -2.08. The molecule has 0 spiro atoms. The van der Waals surface area contributed by atoms with E-state index in [0.717, 1.165) is 11.3 Å². The molecular formula is C12H14N2O2S. The Balaban J connectivity index is 2.11. The number of hydrogen-bond acceptors (Lipinski definition) is 2. The minimum absolute atomic E-state index is 0.242. The Labute approximate surface area is 103 Å². The van der Waals surface area contributed by atoms with E-state index in [1.165, 1.54) is 0 Å². The predicted octanol–water partition coefficient (Wildman–Crippen LogP) is 2.02. The van der Waals surface area contributed by atoms with Crippen LogP contribution < -0.4 is 0 Å². The minimum Gasteiger partial charge on any atom is -0.306 e. The van der Waals surface area contributed by atoms with E-state index in [1.807, 2.05) is 35.0 Å². The van der Waals surface area contributed by atoms with Crippen molar-refractivity contribution in [2.45, 2.75) is 18.6 Å². The van der Waals surface area contributed by atoms with Crippen LogP contribution in [0, 0.1) is 0 Å². The summed E-state index contributed by atoms with van der Waals surface area (Å²) in [5.41, 5.74) is 2.09. The highest BCUT2D eigenvalue weighted by Gasteiger charge is 2.09. The van der Waals surface area contributed by atoms with Crippen LogP contribution in [0.3, 0.4) is 0 Å². The van der Waals surface area contributed by atoms with Gasteiger partial charge in [-0.05, 0) is 31.0 Å². The minimum atomic E-state index is -1.76. The number of aromatic nitrogens is 2. The zero-order valence-electron chi connectivity index (χ0n) is 9.48. The van der Waals surface area contributed by atoms with Gasteiger partial charge >= 0.3 is 0 Å². The van der Waals surface area contributed by atoms with Crippen LogP contribution in [0.4, 0.5) is 0 Å². The fourth-order valence-electron chi connectivity index (χ4n) is 1.62. The summed E-state index contributed by atoms with van der Waals surface area (Å²) in [5, 5.41) is -0.242. The molecule has 0 aliphatic carbocycles. The Morgan fingerprint density at radius 2 is 2.12 bits per heavy atom. The topological polar surface area (TPSA) is 55.1 Å². The Morgan fingerprint density at radius 1 is 1.41 bits per heavy atom. The van der Waals surface area contributed by atoms with Crippen LogP contribution in [0.1, 0.15) is 12.5 Å². The molecule has 2 aromatic rings. The van der Waals surface area contributed by atoms with Gasteiger partial charge in [0.25, 0.3) is 0 Å². The van der Waals surface area contributed by atoms with Crippen molar-refractivity contribution in [3.63, 3.8) is 0 Å². The fraction of sp³-hybridized carbons (Fsp3) is 0.250. The van der Waals surface area contributed by atoms with Gasteiger partial charge in [0, 0.05) is 18.1 Å². The van der Waals surface area contributed by atoms with E-state index in [-0.39, 0.29) is 5.25 Å². The van der Waals surface area contributed by atoms with E-state index >= 15 is 0 Å². The second kappa shape index (κ2) is 5.25. The quantitative estimate of drug-likeness (QED) is 0.845. The van der Waals surface area contributed by atoms with Gasteiger partial charge in [0.1, 0.15) is 0 Å². The number of hydrogen-bond donors (Lipinski definition) is 1. The Bertz CT molecular complexity index is 494. The van der Waals surface area contributed by atoms with E-state index < -0.39 is 11.1 Å². The van der Waals surface area contributed by atoms with Gasteiger partial charge in [0.2, 0.25) is 0 Å². The van der Waals surface area contributed by atoms with Crippen molar-refractivity contribution in [2.75, 3.05) is 0 Å².